The van der Waals surface area contributed by atoms with E-state index < -0.39 is 0 Å². The van der Waals surface area contributed by atoms with Crippen molar-refractivity contribution in [1.82, 2.24) is 0 Å². The molecular formula is C12H17NS. The Morgan fingerprint density at radius 2 is 2.36 bits per heavy atom. The topological polar surface area (TPSA) is 26.0 Å². The lowest BCUT2D eigenvalue weighted by Crippen LogP contribution is -2.04. The molecule has 14 heavy (non-hydrogen) atoms. The summed E-state index contributed by atoms with van der Waals surface area (Å²) in [4.78, 5) is 0. The van der Waals surface area contributed by atoms with E-state index >= 15 is 0 Å². The highest BCUT2D eigenvalue weighted by Crippen LogP contribution is 2.32. The van der Waals surface area contributed by atoms with E-state index in [1.807, 2.05) is 0 Å². The third-order valence-corrected chi connectivity index (χ3v) is 3.95. The first-order valence-electron chi connectivity index (χ1n) is 5.27. The Morgan fingerprint density at radius 3 is 3.07 bits per heavy atom. The van der Waals surface area contributed by atoms with Gasteiger partial charge in [-0.05, 0) is 42.2 Å². The van der Waals surface area contributed by atoms with Crippen molar-refractivity contribution in [3.8, 4) is 0 Å². The van der Waals surface area contributed by atoms with Crippen LogP contribution in [-0.2, 0) is 6.42 Å². The summed E-state index contributed by atoms with van der Waals surface area (Å²) in [6.45, 7) is 0.753. The number of hydrogen-bond donors (Lipinski definition) is 1. The number of thioether (sulfide) groups is 1. The normalized spacial score (nSPS) is 21.4. The molecule has 2 heteroatoms. The third kappa shape index (κ3) is 2.31. The molecule has 0 aromatic heterocycles. The first-order valence-corrected chi connectivity index (χ1v) is 6.42. The zero-order valence-corrected chi connectivity index (χ0v) is 9.22. The maximum atomic E-state index is 5.56. The third-order valence-electron chi connectivity index (χ3n) is 2.79. The number of nitrogens with two attached hydrogens (primary N) is 1. The van der Waals surface area contributed by atoms with E-state index in [1.54, 1.807) is 0 Å². The molecule has 1 fully saturated rings. The summed E-state index contributed by atoms with van der Waals surface area (Å²) < 4.78 is 0. The van der Waals surface area contributed by atoms with Gasteiger partial charge in [0.2, 0.25) is 0 Å². The molecule has 1 unspecified atom stereocenters. The summed E-state index contributed by atoms with van der Waals surface area (Å²) in [7, 11) is 0. The maximum Gasteiger partial charge on any atom is 0.000177 e. The summed E-state index contributed by atoms with van der Waals surface area (Å²) in [6, 6.07) is 8.95. The van der Waals surface area contributed by atoms with Crippen molar-refractivity contribution in [2.75, 3.05) is 18.1 Å². The quantitative estimate of drug-likeness (QED) is 0.823. The van der Waals surface area contributed by atoms with Crippen LogP contribution in [0, 0.1) is 0 Å². The van der Waals surface area contributed by atoms with Gasteiger partial charge in [-0.1, -0.05) is 24.3 Å². The van der Waals surface area contributed by atoms with Crippen LogP contribution in [0.5, 0.6) is 0 Å². The molecule has 0 saturated carbocycles. The van der Waals surface area contributed by atoms with Crippen molar-refractivity contribution in [2.45, 2.75) is 18.8 Å². The van der Waals surface area contributed by atoms with E-state index in [0.717, 1.165) is 18.9 Å². The van der Waals surface area contributed by atoms with E-state index in [-0.39, 0.29) is 0 Å². The van der Waals surface area contributed by atoms with E-state index in [4.69, 9.17) is 5.73 Å². The molecule has 1 nitrogen and oxygen atoms in total. The lowest BCUT2D eigenvalue weighted by atomic mass is 9.96. The minimum atomic E-state index is 0.753. The second kappa shape index (κ2) is 4.85. The van der Waals surface area contributed by atoms with Gasteiger partial charge in [-0.25, -0.2) is 0 Å². The molecule has 1 heterocycles. The van der Waals surface area contributed by atoms with Crippen LogP contribution in [0.2, 0.25) is 0 Å². The maximum absolute atomic E-state index is 5.56. The summed E-state index contributed by atoms with van der Waals surface area (Å²) in [6.07, 6.45) is 2.35. The van der Waals surface area contributed by atoms with Crippen LogP contribution in [0.3, 0.4) is 0 Å². The predicted molar refractivity (Wildman–Crippen MR) is 63.9 cm³/mol. The molecule has 1 aromatic carbocycles. The molecule has 2 N–H and O–H groups in total. The minimum absolute atomic E-state index is 0.753. The molecule has 76 valence electrons. The fourth-order valence-electron chi connectivity index (χ4n) is 1.97. The number of hydrogen-bond acceptors (Lipinski definition) is 2. The van der Waals surface area contributed by atoms with Gasteiger partial charge in [0.1, 0.15) is 0 Å². The van der Waals surface area contributed by atoms with E-state index in [0.29, 0.717) is 0 Å². The SMILES string of the molecule is NCCc1cccc(C2CCSC2)c1. The standard InChI is InChI=1S/C12H17NS/c13-6-4-10-2-1-3-11(8-10)12-5-7-14-9-12/h1-3,8,12H,4-7,9,13H2. The molecule has 1 aliphatic heterocycles. The van der Waals surface area contributed by atoms with E-state index in [9.17, 15) is 0 Å². The molecule has 1 saturated heterocycles. The van der Waals surface area contributed by atoms with Crippen molar-refractivity contribution in [2.24, 2.45) is 5.73 Å². The van der Waals surface area contributed by atoms with Gasteiger partial charge in [-0.15, -0.1) is 0 Å². The summed E-state index contributed by atoms with van der Waals surface area (Å²) in [5.74, 6) is 3.41. The van der Waals surface area contributed by atoms with Crippen molar-refractivity contribution < 1.29 is 0 Å². The largest absolute Gasteiger partial charge is 0.330 e. The predicted octanol–water partition coefficient (Wildman–Crippen LogP) is 2.41. The van der Waals surface area contributed by atoms with Crippen LogP contribution in [0.1, 0.15) is 23.5 Å². The van der Waals surface area contributed by atoms with Gasteiger partial charge in [0.15, 0.2) is 0 Å². The summed E-state index contributed by atoms with van der Waals surface area (Å²) in [5.41, 5.74) is 8.47. The van der Waals surface area contributed by atoms with Gasteiger partial charge in [0.05, 0.1) is 0 Å². The monoisotopic (exact) mass is 207 g/mol. The molecule has 1 aliphatic rings. The van der Waals surface area contributed by atoms with Crippen LogP contribution in [0.25, 0.3) is 0 Å². The molecule has 0 amide bonds. The van der Waals surface area contributed by atoms with Crippen LogP contribution >= 0.6 is 11.8 Å². The van der Waals surface area contributed by atoms with Gasteiger partial charge >= 0.3 is 0 Å². The number of benzene rings is 1. The van der Waals surface area contributed by atoms with E-state index in [2.05, 4.69) is 36.0 Å². The smallest absolute Gasteiger partial charge is 0.000177 e. The Morgan fingerprint density at radius 1 is 1.43 bits per heavy atom. The average molecular weight is 207 g/mol. The molecule has 0 bridgehead atoms. The van der Waals surface area contributed by atoms with Crippen LogP contribution < -0.4 is 5.73 Å². The molecule has 2 rings (SSSR count). The lowest BCUT2D eigenvalue weighted by Gasteiger charge is -2.10. The Hall–Kier alpha value is -0.470. The second-order valence-corrected chi connectivity index (χ2v) is 4.99. The van der Waals surface area contributed by atoms with Gasteiger partial charge in [-0.2, -0.15) is 11.8 Å². The molecule has 1 aromatic rings. The highest BCUT2D eigenvalue weighted by Gasteiger charge is 2.17. The summed E-state index contributed by atoms with van der Waals surface area (Å²) >= 11 is 2.07. The van der Waals surface area contributed by atoms with Gasteiger partial charge < -0.3 is 5.73 Å². The Labute approximate surface area is 90.1 Å². The van der Waals surface area contributed by atoms with Crippen molar-refractivity contribution in [1.29, 1.82) is 0 Å². The molecule has 0 spiro atoms. The van der Waals surface area contributed by atoms with Crippen molar-refractivity contribution in [3.05, 3.63) is 35.4 Å². The van der Waals surface area contributed by atoms with E-state index in [1.165, 1.54) is 29.1 Å². The number of rotatable bonds is 3. The minimum Gasteiger partial charge on any atom is -0.330 e. The Bertz CT molecular complexity index is 292. The molecular weight excluding hydrogens is 190 g/mol. The first kappa shape index (κ1) is 10.1. The van der Waals surface area contributed by atoms with Crippen LogP contribution in [-0.4, -0.2) is 18.1 Å². The highest BCUT2D eigenvalue weighted by atomic mass is 32.2. The fraction of sp³-hybridized carbons (Fsp3) is 0.500. The molecule has 1 atom stereocenters. The highest BCUT2D eigenvalue weighted by molar-refractivity contribution is 7.99. The fourth-order valence-corrected chi connectivity index (χ4v) is 3.23. The van der Waals surface area contributed by atoms with Gasteiger partial charge in [0, 0.05) is 5.75 Å². The van der Waals surface area contributed by atoms with Crippen LogP contribution in [0.4, 0.5) is 0 Å². The second-order valence-electron chi connectivity index (χ2n) is 3.84. The Kier molecular flexibility index (Phi) is 3.49. The van der Waals surface area contributed by atoms with Crippen molar-refractivity contribution in [3.63, 3.8) is 0 Å². The Balaban J connectivity index is 2.12. The van der Waals surface area contributed by atoms with Gasteiger partial charge in [0.25, 0.3) is 0 Å². The zero-order valence-electron chi connectivity index (χ0n) is 8.41. The molecule has 0 aliphatic carbocycles. The zero-order chi connectivity index (χ0) is 9.80. The molecule has 0 radical (unpaired) electrons. The van der Waals surface area contributed by atoms with Crippen LogP contribution in [0.15, 0.2) is 24.3 Å². The lowest BCUT2D eigenvalue weighted by molar-refractivity contribution is 0.779. The first-order chi connectivity index (χ1) is 6.90. The van der Waals surface area contributed by atoms with Crippen molar-refractivity contribution >= 4 is 11.8 Å². The van der Waals surface area contributed by atoms with Gasteiger partial charge in [-0.3, -0.25) is 0 Å². The summed E-state index contributed by atoms with van der Waals surface area (Å²) in [5, 5.41) is 0. The average Bonchev–Trinajstić information content (AvgIpc) is 2.71.